The molecule has 0 radical (unpaired) electrons. The molecule has 0 saturated carbocycles. The van der Waals surface area contributed by atoms with Gasteiger partial charge in [-0.3, -0.25) is 0 Å². The SMILES string of the molecule is FC(F)(F)c1cc(C2NCCCS2)cc(C(F)(F)F)c1. The van der Waals surface area contributed by atoms with Gasteiger partial charge in [-0.2, -0.15) is 26.3 Å². The maximum atomic E-state index is 12.7. The van der Waals surface area contributed by atoms with Gasteiger partial charge in [0.05, 0.1) is 16.5 Å². The second kappa shape index (κ2) is 5.48. The summed E-state index contributed by atoms with van der Waals surface area (Å²) in [4.78, 5) is 0. The van der Waals surface area contributed by atoms with E-state index >= 15 is 0 Å². The number of hydrogen-bond acceptors (Lipinski definition) is 2. The van der Waals surface area contributed by atoms with Crippen molar-refractivity contribution in [1.82, 2.24) is 5.32 Å². The Hall–Kier alpha value is -0.890. The summed E-state index contributed by atoms with van der Waals surface area (Å²) >= 11 is 1.31. The lowest BCUT2D eigenvalue weighted by atomic mass is 10.0. The lowest BCUT2D eigenvalue weighted by Gasteiger charge is -2.25. The van der Waals surface area contributed by atoms with Crippen LogP contribution in [0.4, 0.5) is 26.3 Å². The highest BCUT2D eigenvalue weighted by atomic mass is 32.2. The van der Waals surface area contributed by atoms with E-state index in [0.29, 0.717) is 12.3 Å². The molecule has 0 bridgehead atoms. The van der Waals surface area contributed by atoms with E-state index in [-0.39, 0.29) is 11.6 Å². The monoisotopic (exact) mass is 315 g/mol. The van der Waals surface area contributed by atoms with Crippen LogP contribution in [0.5, 0.6) is 0 Å². The fourth-order valence-corrected chi connectivity index (χ4v) is 3.02. The summed E-state index contributed by atoms with van der Waals surface area (Å²) in [6, 6.07) is 1.72. The van der Waals surface area contributed by atoms with Crippen molar-refractivity contribution in [3.05, 3.63) is 34.9 Å². The zero-order chi connectivity index (χ0) is 15.0. The summed E-state index contributed by atoms with van der Waals surface area (Å²) < 4.78 is 76.3. The molecule has 2 rings (SSSR count). The normalized spacial score (nSPS) is 21.0. The van der Waals surface area contributed by atoms with Crippen LogP contribution in [0, 0.1) is 0 Å². The Morgan fingerprint density at radius 1 is 0.950 bits per heavy atom. The molecule has 0 spiro atoms. The molecule has 1 heterocycles. The van der Waals surface area contributed by atoms with E-state index < -0.39 is 28.9 Å². The molecule has 8 heteroatoms. The van der Waals surface area contributed by atoms with Crippen LogP contribution in [0.1, 0.15) is 28.5 Å². The molecule has 1 N–H and O–H groups in total. The highest BCUT2D eigenvalue weighted by Gasteiger charge is 2.37. The van der Waals surface area contributed by atoms with Gasteiger partial charge in [-0.05, 0) is 42.5 Å². The van der Waals surface area contributed by atoms with Crippen LogP contribution >= 0.6 is 11.8 Å². The number of halogens is 6. The summed E-state index contributed by atoms with van der Waals surface area (Å²) in [5.74, 6) is 0.704. The quantitative estimate of drug-likeness (QED) is 0.769. The van der Waals surface area contributed by atoms with Gasteiger partial charge in [0.2, 0.25) is 0 Å². The largest absolute Gasteiger partial charge is 0.416 e. The first-order valence-electron chi connectivity index (χ1n) is 5.82. The first kappa shape index (κ1) is 15.5. The zero-order valence-corrected chi connectivity index (χ0v) is 10.9. The average molecular weight is 315 g/mol. The maximum Gasteiger partial charge on any atom is 0.416 e. The van der Waals surface area contributed by atoms with Gasteiger partial charge in [-0.1, -0.05) is 0 Å². The molecule has 1 aromatic rings. The molecule has 0 aliphatic carbocycles. The molecule has 0 amide bonds. The predicted molar refractivity (Wildman–Crippen MR) is 64.3 cm³/mol. The smallest absolute Gasteiger partial charge is 0.302 e. The van der Waals surface area contributed by atoms with Gasteiger partial charge < -0.3 is 5.32 Å². The first-order valence-corrected chi connectivity index (χ1v) is 6.87. The third-order valence-corrected chi connectivity index (χ3v) is 4.14. The molecule has 1 nitrogen and oxygen atoms in total. The molecule has 1 unspecified atom stereocenters. The van der Waals surface area contributed by atoms with Crippen molar-refractivity contribution in [3.8, 4) is 0 Å². The fraction of sp³-hybridized carbons (Fsp3) is 0.500. The highest BCUT2D eigenvalue weighted by Crippen LogP contribution is 2.39. The molecule has 1 aliphatic rings. The molecule has 1 fully saturated rings. The maximum absolute atomic E-state index is 12.7. The lowest BCUT2D eigenvalue weighted by Crippen LogP contribution is -2.26. The van der Waals surface area contributed by atoms with E-state index in [9.17, 15) is 26.3 Å². The Labute approximate surface area is 115 Å². The second-order valence-electron chi connectivity index (χ2n) is 4.40. The van der Waals surface area contributed by atoms with E-state index in [0.717, 1.165) is 18.6 Å². The lowest BCUT2D eigenvalue weighted by molar-refractivity contribution is -0.143. The van der Waals surface area contributed by atoms with Crippen LogP contribution in [-0.2, 0) is 12.4 Å². The summed E-state index contributed by atoms with van der Waals surface area (Å²) in [5, 5.41) is 2.39. The van der Waals surface area contributed by atoms with Gasteiger partial charge in [-0.15, -0.1) is 11.8 Å². The van der Waals surface area contributed by atoms with Gasteiger partial charge >= 0.3 is 12.4 Å². The average Bonchev–Trinajstić information content (AvgIpc) is 2.37. The standard InChI is InChI=1S/C12H11F6NS/c13-11(14,15)8-4-7(10-19-2-1-3-20-10)5-9(6-8)12(16,17)18/h4-6,10,19H,1-3H2. The predicted octanol–water partition coefficient (Wildman–Crippen LogP) is 4.45. The van der Waals surface area contributed by atoms with Crippen LogP contribution in [0.2, 0.25) is 0 Å². The molecular formula is C12H11F6NS. The minimum absolute atomic E-state index is 0.0110. The summed E-state index contributed by atoms with van der Waals surface area (Å²) in [6.07, 6.45) is -8.75. The van der Waals surface area contributed by atoms with Crippen molar-refractivity contribution in [2.24, 2.45) is 0 Å². The summed E-state index contributed by atoms with van der Waals surface area (Å²) in [7, 11) is 0. The van der Waals surface area contributed by atoms with E-state index in [4.69, 9.17) is 0 Å². The van der Waals surface area contributed by atoms with Crippen LogP contribution in [0.25, 0.3) is 0 Å². The van der Waals surface area contributed by atoms with Crippen molar-refractivity contribution in [1.29, 1.82) is 0 Å². The number of rotatable bonds is 1. The number of alkyl halides is 6. The molecule has 1 aromatic carbocycles. The number of thioether (sulfide) groups is 1. The van der Waals surface area contributed by atoms with Crippen molar-refractivity contribution in [3.63, 3.8) is 0 Å². The molecule has 1 aliphatic heterocycles. The Kier molecular flexibility index (Phi) is 4.24. The summed E-state index contributed by atoms with van der Waals surface area (Å²) in [5.41, 5.74) is -2.53. The van der Waals surface area contributed by atoms with Crippen molar-refractivity contribution in [2.75, 3.05) is 12.3 Å². The van der Waals surface area contributed by atoms with Crippen molar-refractivity contribution >= 4 is 11.8 Å². The van der Waals surface area contributed by atoms with Crippen LogP contribution < -0.4 is 5.32 Å². The number of benzene rings is 1. The van der Waals surface area contributed by atoms with Crippen molar-refractivity contribution in [2.45, 2.75) is 24.1 Å². The Morgan fingerprint density at radius 2 is 1.50 bits per heavy atom. The third-order valence-electron chi connectivity index (χ3n) is 2.85. The van der Waals surface area contributed by atoms with E-state index in [1.165, 1.54) is 11.8 Å². The minimum atomic E-state index is -4.80. The molecular weight excluding hydrogens is 304 g/mol. The summed E-state index contributed by atoms with van der Waals surface area (Å²) in [6.45, 7) is 0.579. The van der Waals surface area contributed by atoms with Gasteiger partial charge in [0.1, 0.15) is 0 Å². The van der Waals surface area contributed by atoms with Crippen LogP contribution in [0.3, 0.4) is 0 Å². The number of nitrogens with one attached hydrogen (secondary N) is 1. The van der Waals surface area contributed by atoms with Gasteiger partial charge in [0.15, 0.2) is 0 Å². The van der Waals surface area contributed by atoms with Crippen LogP contribution in [-0.4, -0.2) is 12.3 Å². The zero-order valence-electron chi connectivity index (χ0n) is 10.1. The van der Waals surface area contributed by atoms with Gasteiger partial charge in [0, 0.05) is 0 Å². The van der Waals surface area contributed by atoms with Crippen molar-refractivity contribution < 1.29 is 26.3 Å². The fourth-order valence-electron chi connectivity index (χ4n) is 1.91. The molecule has 20 heavy (non-hydrogen) atoms. The Morgan fingerprint density at radius 3 is 1.90 bits per heavy atom. The van der Waals surface area contributed by atoms with Crippen LogP contribution in [0.15, 0.2) is 18.2 Å². The molecule has 1 saturated heterocycles. The Balaban J connectivity index is 2.45. The van der Waals surface area contributed by atoms with E-state index in [2.05, 4.69) is 5.32 Å². The van der Waals surface area contributed by atoms with E-state index in [1.807, 2.05) is 0 Å². The number of hydrogen-bond donors (Lipinski definition) is 1. The minimum Gasteiger partial charge on any atom is -0.302 e. The Bertz CT molecular complexity index is 444. The van der Waals surface area contributed by atoms with Gasteiger partial charge in [-0.25, -0.2) is 0 Å². The second-order valence-corrected chi connectivity index (χ2v) is 5.61. The van der Waals surface area contributed by atoms with E-state index in [1.54, 1.807) is 0 Å². The topological polar surface area (TPSA) is 12.0 Å². The molecule has 0 aromatic heterocycles. The first-order chi connectivity index (χ1) is 9.18. The van der Waals surface area contributed by atoms with Gasteiger partial charge in [0.25, 0.3) is 0 Å². The molecule has 112 valence electrons. The molecule has 1 atom stereocenters. The highest BCUT2D eigenvalue weighted by molar-refractivity contribution is 7.99. The third kappa shape index (κ3) is 3.60.